The topological polar surface area (TPSA) is 96.5 Å². The van der Waals surface area contributed by atoms with Crippen LogP contribution in [-0.4, -0.2) is 24.3 Å². The van der Waals surface area contributed by atoms with Crippen molar-refractivity contribution in [1.82, 2.24) is 16.2 Å². The molecule has 0 fully saturated rings. The molecular weight excluding hydrogens is 382 g/mol. The highest BCUT2D eigenvalue weighted by Gasteiger charge is 2.09. The van der Waals surface area contributed by atoms with Crippen LogP contribution >= 0.6 is 0 Å². The van der Waals surface area contributed by atoms with Crippen molar-refractivity contribution in [2.75, 3.05) is 6.61 Å². The van der Waals surface area contributed by atoms with Gasteiger partial charge in [-0.05, 0) is 17.0 Å². The molecule has 3 aromatic rings. The van der Waals surface area contributed by atoms with Crippen molar-refractivity contribution in [1.29, 1.82) is 0 Å². The fourth-order valence-corrected chi connectivity index (χ4v) is 2.81. The van der Waals surface area contributed by atoms with E-state index in [1.165, 1.54) is 0 Å². The first-order valence-corrected chi connectivity index (χ1v) is 9.60. The van der Waals surface area contributed by atoms with Crippen LogP contribution in [0.5, 0.6) is 5.75 Å². The highest BCUT2D eigenvalue weighted by molar-refractivity contribution is 5.89. The standard InChI is InChI=1S/C23H23N3O4/c27-21(24-15-17-7-2-1-3-8-17)13-14-22(28)25-26-23(29)16-30-20-12-6-10-18-9-4-5-11-19(18)20/h1-12H,13-16H2,(H,24,27)(H,25,28)(H,26,29). The summed E-state index contributed by atoms with van der Waals surface area (Å²) < 4.78 is 5.56. The molecule has 0 radical (unpaired) electrons. The van der Waals surface area contributed by atoms with Gasteiger partial charge in [0.15, 0.2) is 6.61 Å². The van der Waals surface area contributed by atoms with Crippen molar-refractivity contribution < 1.29 is 19.1 Å². The normalized spacial score (nSPS) is 10.3. The highest BCUT2D eigenvalue weighted by Crippen LogP contribution is 2.24. The van der Waals surface area contributed by atoms with E-state index in [0.29, 0.717) is 12.3 Å². The van der Waals surface area contributed by atoms with Crippen LogP contribution in [0, 0.1) is 0 Å². The Labute approximate surface area is 174 Å². The van der Waals surface area contributed by atoms with Crippen molar-refractivity contribution in [3.63, 3.8) is 0 Å². The molecule has 0 heterocycles. The fraction of sp³-hybridized carbons (Fsp3) is 0.174. The van der Waals surface area contributed by atoms with Gasteiger partial charge in [-0.15, -0.1) is 0 Å². The van der Waals surface area contributed by atoms with Crippen molar-refractivity contribution in [3.05, 3.63) is 78.4 Å². The van der Waals surface area contributed by atoms with Crippen LogP contribution in [0.15, 0.2) is 72.8 Å². The fourth-order valence-electron chi connectivity index (χ4n) is 2.81. The van der Waals surface area contributed by atoms with E-state index in [1.54, 1.807) is 6.07 Å². The van der Waals surface area contributed by atoms with Gasteiger partial charge in [0.1, 0.15) is 5.75 Å². The first-order valence-electron chi connectivity index (χ1n) is 9.60. The second-order valence-electron chi connectivity index (χ2n) is 6.62. The average Bonchev–Trinajstić information content (AvgIpc) is 2.79. The number of fused-ring (bicyclic) bond motifs is 1. The zero-order chi connectivity index (χ0) is 21.2. The van der Waals surface area contributed by atoms with Gasteiger partial charge >= 0.3 is 0 Å². The Morgan fingerprint density at radius 1 is 0.700 bits per heavy atom. The van der Waals surface area contributed by atoms with Gasteiger partial charge in [-0.3, -0.25) is 25.2 Å². The van der Waals surface area contributed by atoms with E-state index in [-0.39, 0.29) is 25.4 Å². The molecule has 7 heteroatoms. The summed E-state index contributed by atoms with van der Waals surface area (Å²) >= 11 is 0. The summed E-state index contributed by atoms with van der Waals surface area (Å²) in [7, 11) is 0. The van der Waals surface area contributed by atoms with E-state index >= 15 is 0 Å². The number of hydrazine groups is 1. The molecule has 0 saturated carbocycles. The molecule has 0 atom stereocenters. The number of benzene rings is 3. The lowest BCUT2D eigenvalue weighted by Crippen LogP contribution is -2.44. The molecule has 0 unspecified atom stereocenters. The van der Waals surface area contributed by atoms with E-state index in [1.807, 2.05) is 66.7 Å². The summed E-state index contributed by atoms with van der Waals surface area (Å²) in [4.78, 5) is 35.6. The van der Waals surface area contributed by atoms with Gasteiger partial charge in [-0.2, -0.15) is 0 Å². The minimum atomic E-state index is -0.496. The minimum Gasteiger partial charge on any atom is -0.483 e. The molecule has 0 spiro atoms. The van der Waals surface area contributed by atoms with Crippen LogP contribution in [0.25, 0.3) is 10.8 Å². The first-order chi connectivity index (χ1) is 14.6. The lowest BCUT2D eigenvalue weighted by molar-refractivity contribution is -0.131. The van der Waals surface area contributed by atoms with Crippen molar-refractivity contribution in [3.8, 4) is 5.75 Å². The summed E-state index contributed by atoms with van der Waals surface area (Å²) in [5, 5.41) is 4.66. The third-order valence-electron chi connectivity index (χ3n) is 4.36. The zero-order valence-corrected chi connectivity index (χ0v) is 16.4. The molecule has 0 saturated heterocycles. The minimum absolute atomic E-state index is 0.0288. The summed E-state index contributed by atoms with van der Waals surface area (Å²) in [5.74, 6) is -0.600. The summed E-state index contributed by atoms with van der Waals surface area (Å²) in [5.41, 5.74) is 5.55. The molecule has 7 nitrogen and oxygen atoms in total. The number of carbonyl (C=O) groups is 3. The van der Waals surface area contributed by atoms with Crippen LogP contribution in [0.4, 0.5) is 0 Å². The molecule has 0 aromatic heterocycles. The van der Waals surface area contributed by atoms with Gasteiger partial charge < -0.3 is 10.1 Å². The second-order valence-corrected chi connectivity index (χ2v) is 6.62. The van der Waals surface area contributed by atoms with Crippen molar-refractivity contribution in [2.24, 2.45) is 0 Å². The Morgan fingerprint density at radius 3 is 2.20 bits per heavy atom. The third-order valence-corrected chi connectivity index (χ3v) is 4.36. The predicted molar refractivity (Wildman–Crippen MR) is 113 cm³/mol. The molecule has 3 N–H and O–H groups in total. The third kappa shape index (κ3) is 6.34. The number of hydrogen-bond acceptors (Lipinski definition) is 4. The maximum atomic E-state index is 11.9. The molecule has 0 aliphatic rings. The van der Waals surface area contributed by atoms with E-state index < -0.39 is 11.8 Å². The molecule has 3 rings (SSSR count). The number of amides is 3. The number of hydrogen-bond donors (Lipinski definition) is 3. The van der Waals surface area contributed by atoms with Crippen molar-refractivity contribution >= 4 is 28.5 Å². The quantitative estimate of drug-likeness (QED) is 0.502. The smallest absolute Gasteiger partial charge is 0.276 e. The predicted octanol–water partition coefficient (Wildman–Crippen LogP) is 2.46. The Morgan fingerprint density at radius 2 is 1.37 bits per heavy atom. The Kier molecular flexibility index (Phi) is 7.38. The van der Waals surface area contributed by atoms with Gasteiger partial charge in [-0.1, -0.05) is 66.7 Å². The lowest BCUT2D eigenvalue weighted by Gasteiger charge is -2.10. The Bertz CT molecular complexity index is 1020. The summed E-state index contributed by atoms with van der Waals surface area (Å²) in [6.45, 7) is 0.162. The van der Waals surface area contributed by atoms with Crippen LogP contribution in [-0.2, 0) is 20.9 Å². The maximum Gasteiger partial charge on any atom is 0.276 e. The van der Waals surface area contributed by atoms with Crippen LogP contribution in [0.3, 0.4) is 0 Å². The average molecular weight is 405 g/mol. The second kappa shape index (κ2) is 10.6. The lowest BCUT2D eigenvalue weighted by atomic mass is 10.1. The van der Waals surface area contributed by atoms with E-state index in [9.17, 15) is 14.4 Å². The molecule has 0 aliphatic carbocycles. The molecule has 3 aromatic carbocycles. The van der Waals surface area contributed by atoms with Crippen molar-refractivity contribution in [2.45, 2.75) is 19.4 Å². The monoisotopic (exact) mass is 405 g/mol. The molecule has 0 bridgehead atoms. The maximum absolute atomic E-state index is 11.9. The molecule has 154 valence electrons. The SMILES string of the molecule is O=C(CCC(=O)NNC(=O)COc1cccc2ccccc12)NCc1ccccc1. The Balaban J connectivity index is 1.34. The largest absolute Gasteiger partial charge is 0.483 e. The zero-order valence-electron chi connectivity index (χ0n) is 16.4. The molecular formula is C23H23N3O4. The molecule has 3 amide bonds. The van der Waals surface area contributed by atoms with Crippen LogP contribution in [0.1, 0.15) is 18.4 Å². The van der Waals surface area contributed by atoms with Gasteiger partial charge in [0, 0.05) is 24.8 Å². The first kappa shape index (κ1) is 20.9. The van der Waals surface area contributed by atoms with E-state index in [0.717, 1.165) is 16.3 Å². The molecule has 0 aliphatic heterocycles. The van der Waals surface area contributed by atoms with Gasteiger partial charge in [0.05, 0.1) is 0 Å². The highest BCUT2D eigenvalue weighted by atomic mass is 16.5. The van der Waals surface area contributed by atoms with Crippen LogP contribution in [0.2, 0.25) is 0 Å². The Hall–Kier alpha value is -3.87. The van der Waals surface area contributed by atoms with Gasteiger partial charge in [0.2, 0.25) is 11.8 Å². The summed E-state index contributed by atoms with van der Waals surface area (Å²) in [6, 6.07) is 22.8. The number of rotatable bonds is 8. The molecule has 30 heavy (non-hydrogen) atoms. The summed E-state index contributed by atoms with van der Waals surface area (Å²) in [6.07, 6.45) is -0.00781. The number of nitrogens with one attached hydrogen (secondary N) is 3. The van der Waals surface area contributed by atoms with Gasteiger partial charge in [0.25, 0.3) is 5.91 Å². The number of carbonyl (C=O) groups excluding carboxylic acids is 3. The van der Waals surface area contributed by atoms with E-state index in [2.05, 4.69) is 16.2 Å². The van der Waals surface area contributed by atoms with Crippen LogP contribution < -0.4 is 20.9 Å². The number of ether oxygens (including phenoxy) is 1. The van der Waals surface area contributed by atoms with Gasteiger partial charge in [-0.25, -0.2) is 0 Å². The van der Waals surface area contributed by atoms with E-state index in [4.69, 9.17) is 4.74 Å².